The number of aromatic carboxylic acids is 1. The van der Waals surface area contributed by atoms with Crippen LogP contribution in [-0.4, -0.2) is 11.1 Å². The molecule has 0 aliphatic heterocycles. The molecule has 0 amide bonds. The third-order valence-electron chi connectivity index (χ3n) is 4.35. The van der Waals surface area contributed by atoms with Gasteiger partial charge in [0.15, 0.2) is 0 Å². The largest absolute Gasteiger partial charge is 0.478 e. The van der Waals surface area contributed by atoms with Crippen molar-refractivity contribution in [2.45, 2.75) is 13.0 Å². The Kier molecular flexibility index (Phi) is 3.69. The van der Waals surface area contributed by atoms with Crippen molar-refractivity contribution in [2.24, 2.45) is 5.90 Å². The van der Waals surface area contributed by atoms with Crippen LogP contribution in [0.4, 0.5) is 0 Å². The summed E-state index contributed by atoms with van der Waals surface area (Å²) in [7, 11) is 0. The minimum absolute atomic E-state index is 0.244. The minimum atomic E-state index is -0.890. The minimum Gasteiger partial charge on any atom is -0.478 e. The molecule has 1 aromatic heterocycles. The third-order valence-corrected chi connectivity index (χ3v) is 5.65. The van der Waals surface area contributed by atoms with E-state index in [1.165, 1.54) is 16.9 Å². The van der Waals surface area contributed by atoms with E-state index in [0.717, 1.165) is 32.0 Å². The van der Waals surface area contributed by atoms with Crippen LogP contribution in [0.15, 0.2) is 48.5 Å². The number of thiophene rings is 1. The van der Waals surface area contributed by atoms with Gasteiger partial charge in [0.25, 0.3) is 0 Å². The summed E-state index contributed by atoms with van der Waals surface area (Å²) < 4.78 is 0. The fourth-order valence-electron chi connectivity index (χ4n) is 3.31. The molecule has 4 rings (SSSR count). The molecule has 5 heteroatoms. The zero-order valence-electron chi connectivity index (χ0n) is 12.8. The quantitative estimate of drug-likeness (QED) is 0.551. The number of hydrogen-bond acceptors (Lipinski definition) is 4. The van der Waals surface area contributed by atoms with Gasteiger partial charge in [-0.25, -0.2) is 10.7 Å². The molecule has 0 saturated carbocycles. The summed E-state index contributed by atoms with van der Waals surface area (Å²) in [6.45, 7) is 0.244. The van der Waals surface area contributed by atoms with Crippen LogP contribution < -0.4 is 5.90 Å². The van der Waals surface area contributed by atoms with Crippen LogP contribution in [-0.2, 0) is 17.9 Å². The third kappa shape index (κ3) is 2.26. The van der Waals surface area contributed by atoms with E-state index in [2.05, 4.69) is 12.1 Å². The molecular weight excluding hydrogens is 322 g/mol. The zero-order chi connectivity index (χ0) is 16.7. The van der Waals surface area contributed by atoms with Gasteiger partial charge in [0.1, 0.15) is 0 Å². The van der Waals surface area contributed by atoms with Gasteiger partial charge in [-0.1, -0.05) is 48.5 Å². The van der Waals surface area contributed by atoms with E-state index >= 15 is 0 Å². The maximum absolute atomic E-state index is 12.0. The molecule has 0 saturated heterocycles. The molecule has 0 fully saturated rings. The first-order valence-electron chi connectivity index (χ1n) is 7.58. The highest BCUT2D eigenvalue weighted by Gasteiger charge is 2.30. The van der Waals surface area contributed by atoms with Gasteiger partial charge in [-0.2, -0.15) is 0 Å². The molecule has 1 aliphatic carbocycles. The van der Waals surface area contributed by atoms with Gasteiger partial charge in [0.05, 0.1) is 17.0 Å². The predicted molar refractivity (Wildman–Crippen MR) is 93.9 cm³/mol. The van der Waals surface area contributed by atoms with E-state index in [-0.39, 0.29) is 6.61 Å². The summed E-state index contributed by atoms with van der Waals surface area (Å²) in [5.41, 5.74) is 5.39. The van der Waals surface area contributed by atoms with Crippen LogP contribution in [0.25, 0.3) is 20.9 Å². The Bertz CT molecular complexity index is 946. The Hall–Kier alpha value is -2.47. The van der Waals surface area contributed by atoms with Crippen molar-refractivity contribution in [1.29, 1.82) is 0 Å². The van der Waals surface area contributed by atoms with Crippen molar-refractivity contribution in [3.05, 3.63) is 70.8 Å². The van der Waals surface area contributed by atoms with Crippen LogP contribution in [0.2, 0.25) is 0 Å². The van der Waals surface area contributed by atoms with Gasteiger partial charge in [-0.15, -0.1) is 11.3 Å². The topological polar surface area (TPSA) is 72.5 Å². The van der Waals surface area contributed by atoms with E-state index in [1.54, 1.807) is 0 Å². The molecule has 0 spiro atoms. The number of carboxylic acids is 1. The molecule has 2 aromatic carbocycles. The van der Waals surface area contributed by atoms with Gasteiger partial charge in [0.2, 0.25) is 0 Å². The van der Waals surface area contributed by atoms with Gasteiger partial charge in [-0.05, 0) is 27.8 Å². The van der Waals surface area contributed by atoms with Gasteiger partial charge < -0.3 is 5.11 Å². The van der Waals surface area contributed by atoms with Crippen LogP contribution in [0.1, 0.15) is 27.0 Å². The number of rotatable bonds is 4. The highest BCUT2D eigenvalue weighted by Crippen LogP contribution is 2.49. The van der Waals surface area contributed by atoms with Gasteiger partial charge in [0, 0.05) is 11.3 Å². The van der Waals surface area contributed by atoms with Crippen LogP contribution in [0, 0.1) is 0 Å². The number of nitrogens with two attached hydrogens (primary N) is 1. The Morgan fingerprint density at radius 1 is 1.08 bits per heavy atom. The van der Waals surface area contributed by atoms with E-state index in [0.29, 0.717) is 12.0 Å². The summed E-state index contributed by atoms with van der Waals surface area (Å²) in [5.74, 6) is 4.34. The van der Waals surface area contributed by atoms with Crippen molar-refractivity contribution in [3.63, 3.8) is 0 Å². The fourth-order valence-corrected chi connectivity index (χ4v) is 4.74. The summed E-state index contributed by atoms with van der Waals surface area (Å²) in [5, 5.41) is 9.83. The first-order valence-corrected chi connectivity index (χ1v) is 8.39. The maximum atomic E-state index is 12.0. The first-order chi connectivity index (χ1) is 11.7. The summed E-state index contributed by atoms with van der Waals surface area (Å²) >= 11 is 1.54. The molecule has 1 aliphatic rings. The zero-order valence-corrected chi connectivity index (χ0v) is 13.6. The molecular formula is C19H15NO3S. The second kappa shape index (κ2) is 5.87. The molecule has 120 valence electrons. The van der Waals surface area contributed by atoms with Crippen molar-refractivity contribution < 1.29 is 14.7 Å². The highest BCUT2D eigenvalue weighted by atomic mass is 32.1. The van der Waals surface area contributed by atoms with Crippen LogP contribution in [0.5, 0.6) is 0 Å². The fraction of sp³-hybridized carbons (Fsp3) is 0.105. The maximum Gasteiger partial charge on any atom is 0.337 e. The average molecular weight is 337 g/mol. The summed E-state index contributed by atoms with van der Waals surface area (Å²) in [6.07, 6.45) is 0.666. The van der Waals surface area contributed by atoms with Crippen molar-refractivity contribution >= 4 is 17.3 Å². The Balaban J connectivity index is 1.95. The van der Waals surface area contributed by atoms with E-state index < -0.39 is 5.97 Å². The lowest BCUT2D eigenvalue weighted by molar-refractivity contribution is 0.0697. The normalized spacial score (nSPS) is 12.0. The molecule has 3 N–H and O–H groups in total. The van der Waals surface area contributed by atoms with Crippen LogP contribution >= 0.6 is 11.3 Å². The van der Waals surface area contributed by atoms with E-state index in [1.807, 2.05) is 36.4 Å². The summed E-state index contributed by atoms with van der Waals surface area (Å²) in [4.78, 5) is 18.6. The number of carbonyl (C=O) groups is 1. The standard InChI is InChI=1S/C19H15NO3S/c20-23-10-12-6-2-4-8-14(12)18-16(19(21)22)15-9-11-5-1-3-7-13(11)17(15)24-18/h1-8H,9-10,20H2,(H,21,22). The van der Waals surface area contributed by atoms with Crippen LogP contribution in [0.3, 0.4) is 0 Å². The molecule has 1 heterocycles. The SMILES string of the molecule is NOCc1ccccc1-c1sc2c(c1C(=O)O)Cc1ccccc1-2. The van der Waals surface area contributed by atoms with Gasteiger partial charge in [-0.3, -0.25) is 4.84 Å². The van der Waals surface area contributed by atoms with Gasteiger partial charge >= 0.3 is 5.97 Å². The molecule has 24 heavy (non-hydrogen) atoms. The highest BCUT2D eigenvalue weighted by molar-refractivity contribution is 7.19. The lowest BCUT2D eigenvalue weighted by Crippen LogP contribution is -2.03. The number of carboxylic acid groups (broad SMARTS) is 1. The van der Waals surface area contributed by atoms with Crippen molar-refractivity contribution in [1.82, 2.24) is 0 Å². The predicted octanol–water partition coefficient (Wildman–Crippen LogP) is 4.07. The van der Waals surface area contributed by atoms with Crippen molar-refractivity contribution in [2.75, 3.05) is 0 Å². The molecule has 4 nitrogen and oxygen atoms in total. The monoisotopic (exact) mass is 337 g/mol. The smallest absolute Gasteiger partial charge is 0.337 e. The second-order valence-corrected chi connectivity index (χ2v) is 6.74. The molecule has 0 unspecified atom stereocenters. The lowest BCUT2D eigenvalue weighted by atomic mass is 10.00. The van der Waals surface area contributed by atoms with E-state index in [9.17, 15) is 9.90 Å². The lowest BCUT2D eigenvalue weighted by Gasteiger charge is -2.09. The molecule has 0 bridgehead atoms. The number of hydrogen-bond donors (Lipinski definition) is 2. The first kappa shape index (κ1) is 15.1. The van der Waals surface area contributed by atoms with E-state index in [4.69, 9.17) is 10.7 Å². The summed E-state index contributed by atoms with van der Waals surface area (Å²) in [6, 6.07) is 15.7. The Labute approximate surface area is 143 Å². The molecule has 3 aromatic rings. The Morgan fingerprint density at radius 3 is 2.54 bits per heavy atom. The second-order valence-electron chi connectivity index (χ2n) is 5.72. The molecule has 0 atom stereocenters. The number of fused-ring (bicyclic) bond motifs is 3. The average Bonchev–Trinajstić information content (AvgIpc) is 3.11. The Morgan fingerprint density at radius 2 is 1.79 bits per heavy atom. The van der Waals surface area contributed by atoms with Crippen molar-refractivity contribution in [3.8, 4) is 20.9 Å². The number of benzene rings is 2. The molecule has 0 radical (unpaired) electrons.